The van der Waals surface area contributed by atoms with Crippen molar-refractivity contribution in [1.82, 2.24) is 0 Å². The van der Waals surface area contributed by atoms with Crippen molar-refractivity contribution in [2.45, 2.75) is 38.5 Å². The first kappa shape index (κ1) is 16.8. The van der Waals surface area contributed by atoms with Crippen LogP contribution in [0, 0.1) is 0 Å². The van der Waals surface area contributed by atoms with Crippen LogP contribution in [0.1, 0.15) is 43.7 Å². The predicted octanol–water partition coefficient (Wildman–Crippen LogP) is 5.17. The molecule has 0 saturated carbocycles. The molecule has 3 aromatic carbocycles. The highest BCUT2D eigenvalue weighted by atomic mass is 16.1. The summed E-state index contributed by atoms with van der Waals surface area (Å²) in [7, 11) is 0. The van der Waals surface area contributed by atoms with Gasteiger partial charge in [-0.15, -0.1) is 0 Å². The van der Waals surface area contributed by atoms with Gasteiger partial charge in [-0.05, 0) is 78.0 Å². The summed E-state index contributed by atoms with van der Waals surface area (Å²) in [5.41, 5.74) is 8.71. The highest BCUT2D eigenvalue weighted by molar-refractivity contribution is 5.77. The topological polar surface area (TPSA) is 17.1 Å². The fraction of sp³-hybridized carbons (Fsp3) is 0.240. The highest BCUT2D eigenvalue weighted by Crippen LogP contribution is 2.18. The van der Waals surface area contributed by atoms with E-state index in [-0.39, 0.29) is 0 Å². The second-order valence-electron chi connectivity index (χ2n) is 7.28. The summed E-state index contributed by atoms with van der Waals surface area (Å²) in [6.07, 6.45) is 7.05. The molecule has 26 heavy (non-hydrogen) atoms. The van der Waals surface area contributed by atoms with E-state index in [9.17, 15) is 4.79 Å². The molecule has 1 heteroatoms. The Kier molecular flexibility index (Phi) is 4.97. The van der Waals surface area contributed by atoms with Crippen molar-refractivity contribution >= 4 is 6.29 Å². The predicted molar refractivity (Wildman–Crippen MR) is 107 cm³/mol. The van der Waals surface area contributed by atoms with Crippen LogP contribution in [0.3, 0.4) is 0 Å². The Labute approximate surface area is 155 Å². The number of rotatable bonds is 1. The number of carbonyl (C=O) groups is 1. The Morgan fingerprint density at radius 1 is 0.500 bits per heavy atom. The van der Waals surface area contributed by atoms with Crippen molar-refractivity contribution in [3.8, 4) is 0 Å². The Balaban J connectivity index is 1.67. The third-order valence-electron chi connectivity index (χ3n) is 5.47. The number of aryl methyl sites for hydroxylation is 6. The molecule has 130 valence electrons. The Morgan fingerprint density at radius 2 is 0.885 bits per heavy atom. The maximum Gasteiger partial charge on any atom is 0.150 e. The molecular weight excluding hydrogens is 316 g/mol. The summed E-state index contributed by atoms with van der Waals surface area (Å²) >= 11 is 0. The molecule has 0 aliphatic heterocycles. The second-order valence-corrected chi connectivity index (χ2v) is 7.28. The van der Waals surface area contributed by atoms with E-state index in [2.05, 4.69) is 66.7 Å². The standard InChI is InChI=1S/C25H24O/c26-18-25-17-23-12-11-21-5-3-19(4-6-21)1-2-20-7-9-22(10-8-20)13-15-24(25)16-14-23/h3-10,14,16-18H,1-2,11-13,15H2. The van der Waals surface area contributed by atoms with E-state index in [1.807, 2.05) is 0 Å². The van der Waals surface area contributed by atoms with Crippen LogP contribution in [-0.4, -0.2) is 6.29 Å². The third-order valence-corrected chi connectivity index (χ3v) is 5.47. The van der Waals surface area contributed by atoms with E-state index in [1.165, 1.54) is 27.8 Å². The molecule has 6 aliphatic carbocycles. The minimum Gasteiger partial charge on any atom is -0.298 e. The summed E-state index contributed by atoms with van der Waals surface area (Å²) in [6.45, 7) is 0. The van der Waals surface area contributed by atoms with Crippen LogP contribution >= 0.6 is 0 Å². The van der Waals surface area contributed by atoms with E-state index in [0.717, 1.165) is 55.9 Å². The van der Waals surface area contributed by atoms with Crippen LogP contribution in [0.2, 0.25) is 0 Å². The second kappa shape index (κ2) is 7.70. The number of hydrogen-bond acceptors (Lipinski definition) is 1. The lowest BCUT2D eigenvalue weighted by Crippen LogP contribution is -2.00. The van der Waals surface area contributed by atoms with Crippen LogP contribution < -0.4 is 0 Å². The maximum absolute atomic E-state index is 11.6. The van der Waals surface area contributed by atoms with E-state index in [0.29, 0.717) is 0 Å². The highest BCUT2D eigenvalue weighted by Gasteiger charge is 2.06. The zero-order valence-corrected chi connectivity index (χ0v) is 15.1. The molecule has 0 saturated heterocycles. The lowest BCUT2D eigenvalue weighted by molar-refractivity contribution is 0.112. The fourth-order valence-corrected chi connectivity index (χ4v) is 3.74. The van der Waals surface area contributed by atoms with Gasteiger partial charge in [-0.25, -0.2) is 0 Å². The van der Waals surface area contributed by atoms with Gasteiger partial charge in [0.1, 0.15) is 6.29 Å². The van der Waals surface area contributed by atoms with Gasteiger partial charge >= 0.3 is 0 Å². The zero-order valence-electron chi connectivity index (χ0n) is 15.1. The number of hydrogen-bond donors (Lipinski definition) is 0. The first-order chi connectivity index (χ1) is 12.8. The van der Waals surface area contributed by atoms with E-state index >= 15 is 0 Å². The van der Waals surface area contributed by atoms with E-state index < -0.39 is 0 Å². The fourth-order valence-electron chi connectivity index (χ4n) is 3.74. The molecular formula is C25H24O. The van der Waals surface area contributed by atoms with Crippen LogP contribution in [0.4, 0.5) is 0 Å². The van der Waals surface area contributed by atoms with Gasteiger partial charge in [0.25, 0.3) is 0 Å². The van der Waals surface area contributed by atoms with Crippen LogP contribution in [-0.2, 0) is 38.5 Å². The summed E-state index contributed by atoms with van der Waals surface area (Å²) in [5.74, 6) is 0. The first-order valence-corrected chi connectivity index (χ1v) is 9.53. The molecule has 0 spiro atoms. The molecule has 0 radical (unpaired) electrons. The molecule has 0 heterocycles. The average Bonchev–Trinajstić information content (AvgIpc) is 2.70. The molecule has 1 nitrogen and oxygen atoms in total. The minimum absolute atomic E-state index is 0.843. The van der Waals surface area contributed by atoms with Crippen molar-refractivity contribution in [2.75, 3.05) is 0 Å². The number of aldehydes is 1. The molecule has 0 aromatic heterocycles. The van der Waals surface area contributed by atoms with Gasteiger partial charge in [0, 0.05) is 5.56 Å². The summed E-state index contributed by atoms with van der Waals surface area (Å²) in [6, 6.07) is 24.4. The molecule has 0 unspecified atom stereocenters. The van der Waals surface area contributed by atoms with Crippen molar-refractivity contribution < 1.29 is 4.79 Å². The summed E-state index contributed by atoms with van der Waals surface area (Å²) in [4.78, 5) is 11.6. The molecule has 6 aliphatic rings. The quantitative estimate of drug-likeness (QED) is 0.559. The smallest absolute Gasteiger partial charge is 0.150 e. The zero-order chi connectivity index (χ0) is 17.8. The van der Waals surface area contributed by atoms with Crippen LogP contribution in [0.25, 0.3) is 0 Å². The van der Waals surface area contributed by atoms with Crippen LogP contribution in [0.5, 0.6) is 0 Å². The van der Waals surface area contributed by atoms with Crippen molar-refractivity contribution in [2.24, 2.45) is 0 Å². The molecule has 6 bridgehead atoms. The van der Waals surface area contributed by atoms with Gasteiger partial charge in [-0.1, -0.05) is 60.7 Å². The Hall–Kier alpha value is -2.67. The minimum atomic E-state index is 0.843. The van der Waals surface area contributed by atoms with Gasteiger partial charge in [0.2, 0.25) is 0 Å². The van der Waals surface area contributed by atoms with Crippen LogP contribution in [0.15, 0.2) is 66.7 Å². The number of benzene rings is 3. The first-order valence-electron chi connectivity index (χ1n) is 9.53. The lowest BCUT2D eigenvalue weighted by atomic mass is 9.94. The van der Waals surface area contributed by atoms with Crippen molar-refractivity contribution in [3.63, 3.8) is 0 Å². The number of carbonyl (C=O) groups excluding carboxylic acids is 1. The van der Waals surface area contributed by atoms with Gasteiger partial charge in [-0.2, -0.15) is 0 Å². The molecule has 0 atom stereocenters. The van der Waals surface area contributed by atoms with Gasteiger partial charge in [0.05, 0.1) is 0 Å². The van der Waals surface area contributed by atoms with Gasteiger partial charge in [0.15, 0.2) is 0 Å². The molecule has 9 rings (SSSR count). The molecule has 0 fully saturated rings. The Bertz CT molecular complexity index is 888. The van der Waals surface area contributed by atoms with E-state index in [4.69, 9.17) is 0 Å². The molecule has 0 amide bonds. The largest absolute Gasteiger partial charge is 0.298 e. The SMILES string of the molecule is O=Cc1cc2ccc1CCc1ccc(cc1)CCc1ccc(cc1)CC2. The molecule has 3 aromatic rings. The van der Waals surface area contributed by atoms with Gasteiger partial charge in [-0.3, -0.25) is 4.79 Å². The summed E-state index contributed by atoms with van der Waals surface area (Å²) < 4.78 is 0. The Morgan fingerprint density at radius 3 is 1.35 bits per heavy atom. The normalized spacial score (nSPS) is 14.2. The van der Waals surface area contributed by atoms with E-state index in [1.54, 1.807) is 0 Å². The maximum atomic E-state index is 11.6. The van der Waals surface area contributed by atoms with Gasteiger partial charge < -0.3 is 0 Å². The molecule has 0 N–H and O–H groups in total. The lowest BCUT2D eigenvalue weighted by Gasteiger charge is -2.10. The monoisotopic (exact) mass is 340 g/mol. The average molecular weight is 340 g/mol. The van der Waals surface area contributed by atoms with Crippen molar-refractivity contribution in [1.29, 1.82) is 0 Å². The third kappa shape index (κ3) is 3.94. The van der Waals surface area contributed by atoms with Crippen molar-refractivity contribution in [3.05, 3.63) is 106 Å². The summed E-state index contributed by atoms with van der Waals surface area (Å²) in [5, 5.41) is 0.